The van der Waals surface area contributed by atoms with Gasteiger partial charge in [0.2, 0.25) is 5.91 Å². The van der Waals surface area contributed by atoms with Crippen LogP contribution in [0.1, 0.15) is 20.8 Å². The molecule has 8 nitrogen and oxygen atoms in total. The normalized spacial score (nSPS) is 10.9. The lowest BCUT2D eigenvalue weighted by Gasteiger charge is -2.26. The van der Waals surface area contributed by atoms with Gasteiger partial charge in [0.05, 0.1) is 4.92 Å². The number of non-ortho nitro benzene ring substituents is 1. The second-order valence-electron chi connectivity index (χ2n) is 7.25. The van der Waals surface area contributed by atoms with Gasteiger partial charge < -0.3 is 15.0 Å². The van der Waals surface area contributed by atoms with E-state index in [1.165, 1.54) is 24.3 Å². The average Bonchev–Trinajstić information content (AvgIpc) is 2.65. The Morgan fingerprint density at radius 2 is 1.64 bits per heavy atom. The van der Waals surface area contributed by atoms with Crippen molar-refractivity contribution in [3.8, 4) is 5.75 Å². The molecule has 0 radical (unpaired) electrons. The fourth-order valence-electron chi connectivity index (χ4n) is 2.40. The minimum atomic E-state index is -0.509. The summed E-state index contributed by atoms with van der Waals surface area (Å²) in [6.45, 7) is 5.35. The van der Waals surface area contributed by atoms with Crippen molar-refractivity contribution in [1.82, 2.24) is 0 Å². The van der Waals surface area contributed by atoms with Crippen molar-refractivity contribution >= 4 is 28.9 Å². The number of nitrogens with zero attached hydrogens (tertiary/aromatic N) is 2. The van der Waals surface area contributed by atoms with E-state index in [9.17, 15) is 19.7 Å². The number of nitro groups is 1. The predicted octanol–water partition coefficient (Wildman–Crippen LogP) is 3.62. The van der Waals surface area contributed by atoms with Gasteiger partial charge in [-0.15, -0.1) is 0 Å². The molecule has 0 aliphatic carbocycles. The third kappa shape index (κ3) is 5.54. The van der Waals surface area contributed by atoms with Crippen molar-refractivity contribution in [2.45, 2.75) is 20.8 Å². The summed E-state index contributed by atoms with van der Waals surface area (Å²) in [5.74, 6) is 0.0841. The van der Waals surface area contributed by atoms with Gasteiger partial charge in [-0.3, -0.25) is 19.7 Å². The summed E-state index contributed by atoms with van der Waals surface area (Å²) in [4.78, 5) is 35.9. The van der Waals surface area contributed by atoms with Crippen LogP contribution in [0.3, 0.4) is 0 Å². The smallest absolute Gasteiger partial charge is 0.269 e. The molecule has 148 valence electrons. The van der Waals surface area contributed by atoms with Gasteiger partial charge in [0.15, 0.2) is 6.61 Å². The van der Waals surface area contributed by atoms with Crippen LogP contribution in [0.25, 0.3) is 0 Å². The third-order valence-electron chi connectivity index (χ3n) is 3.90. The zero-order valence-electron chi connectivity index (χ0n) is 16.3. The van der Waals surface area contributed by atoms with Crippen molar-refractivity contribution in [3.05, 3.63) is 58.6 Å². The van der Waals surface area contributed by atoms with E-state index in [0.717, 1.165) is 5.69 Å². The lowest BCUT2D eigenvalue weighted by Crippen LogP contribution is -2.36. The number of carbonyl (C=O) groups is 2. The predicted molar refractivity (Wildman–Crippen MR) is 107 cm³/mol. The van der Waals surface area contributed by atoms with Crippen LogP contribution in [-0.2, 0) is 9.59 Å². The molecular formula is C20H23N3O5. The number of benzene rings is 2. The summed E-state index contributed by atoms with van der Waals surface area (Å²) in [5, 5.41) is 13.2. The van der Waals surface area contributed by atoms with Crippen molar-refractivity contribution in [1.29, 1.82) is 0 Å². The summed E-state index contributed by atoms with van der Waals surface area (Å²) >= 11 is 0. The molecule has 0 saturated heterocycles. The van der Waals surface area contributed by atoms with Crippen LogP contribution in [0.5, 0.6) is 5.75 Å². The number of amides is 2. The van der Waals surface area contributed by atoms with Gasteiger partial charge in [-0.25, -0.2) is 0 Å². The van der Waals surface area contributed by atoms with Crippen molar-refractivity contribution in [2.24, 2.45) is 5.41 Å². The Morgan fingerprint density at radius 1 is 1.07 bits per heavy atom. The van der Waals surface area contributed by atoms with Crippen LogP contribution in [0.2, 0.25) is 0 Å². The molecule has 0 unspecified atom stereocenters. The first-order chi connectivity index (χ1) is 13.1. The Hall–Kier alpha value is -3.42. The van der Waals surface area contributed by atoms with E-state index < -0.39 is 16.2 Å². The van der Waals surface area contributed by atoms with Crippen LogP contribution in [0.15, 0.2) is 48.5 Å². The number of ether oxygens (including phenoxy) is 1. The number of nitrogens with one attached hydrogen (secondary N) is 1. The van der Waals surface area contributed by atoms with E-state index in [0.29, 0.717) is 11.4 Å². The van der Waals surface area contributed by atoms with Crippen molar-refractivity contribution in [2.75, 3.05) is 23.9 Å². The largest absolute Gasteiger partial charge is 0.484 e. The number of carbonyl (C=O) groups excluding carboxylic acids is 2. The van der Waals surface area contributed by atoms with Crippen LogP contribution in [0, 0.1) is 15.5 Å². The van der Waals surface area contributed by atoms with Gasteiger partial charge in [0, 0.05) is 36.0 Å². The monoisotopic (exact) mass is 385 g/mol. The van der Waals surface area contributed by atoms with Gasteiger partial charge in [0.25, 0.3) is 11.6 Å². The first kappa shape index (κ1) is 20.9. The van der Waals surface area contributed by atoms with E-state index in [-0.39, 0.29) is 18.2 Å². The van der Waals surface area contributed by atoms with Crippen molar-refractivity contribution < 1.29 is 19.2 Å². The molecule has 1 N–H and O–H groups in total. The summed E-state index contributed by atoms with van der Waals surface area (Å²) in [6, 6.07) is 12.4. The Kier molecular flexibility index (Phi) is 6.35. The van der Waals surface area contributed by atoms with E-state index >= 15 is 0 Å². The van der Waals surface area contributed by atoms with Crippen LogP contribution in [0.4, 0.5) is 17.1 Å². The molecule has 0 heterocycles. The first-order valence-electron chi connectivity index (χ1n) is 8.63. The molecule has 0 fully saturated rings. The molecule has 2 aromatic carbocycles. The quantitative estimate of drug-likeness (QED) is 0.604. The fourth-order valence-corrected chi connectivity index (χ4v) is 2.40. The molecule has 0 aliphatic heterocycles. The van der Waals surface area contributed by atoms with Crippen LogP contribution < -0.4 is 15.0 Å². The maximum atomic E-state index is 12.3. The van der Waals surface area contributed by atoms with E-state index in [2.05, 4.69) is 5.32 Å². The summed E-state index contributed by atoms with van der Waals surface area (Å²) < 4.78 is 5.44. The standard InChI is InChI=1S/C20H23N3O5/c1-20(2,3)19(25)22(4)15-9-11-17(12-10-15)28-13-18(24)21-14-5-7-16(8-6-14)23(26)27/h5-12H,13H2,1-4H3,(H,21,24). The molecule has 2 amide bonds. The topological polar surface area (TPSA) is 102 Å². The molecule has 28 heavy (non-hydrogen) atoms. The highest BCUT2D eigenvalue weighted by molar-refractivity contribution is 5.96. The number of nitro benzene ring substituents is 1. The van der Waals surface area contributed by atoms with Crippen LogP contribution in [-0.4, -0.2) is 30.4 Å². The van der Waals surface area contributed by atoms with Gasteiger partial charge in [-0.2, -0.15) is 0 Å². The number of hydrogen-bond acceptors (Lipinski definition) is 5. The molecule has 0 atom stereocenters. The minimum absolute atomic E-state index is 0.0105. The maximum Gasteiger partial charge on any atom is 0.269 e. The summed E-state index contributed by atoms with van der Waals surface area (Å²) in [5.41, 5.74) is 0.628. The minimum Gasteiger partial charge on any atom is -0.484 e. The third-order valence-corrected chi connectivity index (χ3v) is 3.90. The van der Waals surface area contributed by atoms with E-state index in [1.807, 2.05) is 20.8 Å². The zero-order valence-corrected chi connectivity index (χ0v) is 16.3. The van der Waals surface area contributed by atoms with E-state index in [4.69, 9.17) is 4.74 Å². The van der Waals surface area contributed by atoms with E-state index in [1.54, 1.807) is 36.2 Å². The molecule has 2 aromatic rings. The summed E-state index contributed by atoms with van der Waals surface area (Å²) in [7, 11) is 1.71. The molecule has 8 heteroatoms. The molecule has 0 aliphatic rings. The number of hydrogen-bond donors (Lipinski definition) is 1. The number of anilines is 2. The average molecular weight is 385 g/mol. The highest BCUT2D eigenvalue weighted by atomic mass is 16.6. The SMILES string of the molecule is CN(C(=O)C(C)(C)C)c1ccc(OCC(=O)Nc2ccc([N+](=O)[O-])cc2)cc1. The second kappa shape index (κ2) is 8.51. The molecule has 0 saturated carbocycles. The Labute approximate surface area is 163 Å². The van der Waals surface area contributed by atoms with Gasteiger partial charge in [-0.1, -0.05) is 20.8 Å². The highest BCUT2D eigenvalue weighted by Gasteiger charge is 2.25. The summed E-state index contributed by atoms with van der Waals surface area (Å²) in [6.07, 6.45) is 0. The van der Waals surface area contributed by atoms with Gasteiger partial charge in [0.1, 0.15) is 5.75 Å². The Bertz CT molecular complexity index is 855. The lowest BCUT2D eigenvalue weighted by atomic mass is 9.95. The molecule has 2 rings (SSSR count). The second-order valence-corrected chi connectivity index (χ2v) is 7.25. The van der Waals surface area contributed by atoms with Gasteiger partial charge in [-0.05, 0) is 36.4 Å². The zero-order chi connectivity index (χ0) is 20.9. The van der Waals surface area contributed by atoms with Crippen molar-refractivity contribution in [3.63, 3.8) is 0 Å². The molecule has 0 aromatic heterocycles. The Balaban J connectivity index is 1.89. The Morgan fingerprint density at radius 3 is 2.14 bits per heavy atom. The lowest BCUT2D eigenvalue weighted by molar-refractivity contribution is -0.384. The van der Waals surface area contributed by atoms with Crippen LogP contribution >= 0.6 is 0 Å². The molecule has 0 spiro atoms. The molecule has 0 bridgehead atoms. The molecular weight excluding hydrogens is 362 g/mol. The van der Waals surface area contributed by atoms with Gasteiger partial charge >= 0.3 is 0 Å². The maximum absolute atomic E-state index is 12.3. The number of rotatable bonds is 6. The first-order valence-corrected chi connectivity index (χ1v) is 8.63. The fraction of sp³-hybridized carbons (Fsp3) is 0.300. The highest BCUT2D eigenvalue weighted by Crippen LogP contribution is 2.24.